The quantitative estimate of drug-likeness (QED) is 0.840. The van der Waals surface area contributed by atoms with E-state index in [-0.39, 0.29) is 0 Å². The van der Waals surface area contributed by atoms with Gasteiger partial charge in [0.05, 0.1) is 0 Å². The van der Waals surface area contributed by atoms with Crippen LogP contribution in [0, 0.1) is 0 Å². The van der Waals surface area contributed by atoms with E-state index in [2.05, 4.69) is 38.8 Å². The Labute approximate surface area is 105 Å². The topological polar surface area (TPSA) is 32.5 Å². The Kier molecular flexibility index (Phi) is 3.84. The lowest BCUT2D eigenvalue weighted by molar-refractivity contribution is 0.148. The first-order valence-corrected chi connectivity index (χ1v) is 6.39. The third kappa shape index (κ3) is 2.97. The van der Waals surface area contributed by atoms with E-state index in [0.717, 1.165) is 42.9 Å². The summed E-state index contributed by atoms with van der Waals surface area (Å²) >= 11 is 3.57. The minimum atomic E-state index is 0.814. The summed E-state index contributed by atoms with van der Waals surface area (Å²) in [4.78, 5) is 4.85. The first-order valence-electron chi connectivity index (χ1n) is 5.60. The molecule has 2 N–H and O–H groups in total. The minimum Gasteiger partial charge on any atom is -0.399 e. The fourth-order valence-electron chi connectivity index (χ4n) is 1.94. The summed E-state index contributed by atoms with van der Waals surface area (Å²) in [5.74, 6) is 0. The summed E-state index contributed by atoms with van der Waals surface area (Å²) in [5, 5.41) is 0. The molecule has 88 valence electrons. The Morgan fingerprint density at radius 1 is 1.25 bits per heavy atom. The van der Waals surface area contributed by atoms with Gasteiger partial charge in [-0.2, -0.15) is 0 Å². The van der Waals surface area contributed by atoms with Crippen molar-refractivity contribution in [1.82, 2.24) is 9.80 Å². The molecule has 0 saturated carbocycles. The highest BCUT2D eigenvalue weighted by Gasteiger charge is 2.14. The first-order chi connectivity index (χ1) is 7.65. The fraction of sp³-hybridized carbons (Fsp3) is 0.500. The summed E-state index contributed by atoms with van der Waals surface area (Å²) < 4.78 is 1.12. The van der Waals surface area contributed by atoms with Crippen LogP contribution in [0.2, 0.25) is 0 Å². The first kappa shape index (κ1) is 11.9. The minimum absolute atomic E-state index is 0.814. The van der Waals surface area contributed by atoms with E-state index in [1.807, 2.05) is 12.1 Å². The summed E-state index contributed by atoms with van der Waals surface area (Å²) in [6.45, 7) is 5.62. The summed E-state index contributed by atoms with van der Waals surface area (Å²) in [7, 11) is 2.18. The Morgan fingerprint density at radius 2 is 1.94 bits per heavy atom. The zero-order valence-electron chi connectivity index (χ0n) is 9.62. The van der Waals surface area contributed by atoms with Crippen LogP contribution in [-0.2, 0) is 6.54 Å². The molecule has 0 aliphatic carbocycles. The summed E-state index contributed by atoms with van der Waals surface area (Å²) in [6.07, 6.45) is 0. The molecule has 2 rings (SSSR count). The van der Waals surface area contributed by atoms with Crippen molar-refractivity contribution in [2.75, 3.05) is 39.0 Å². The third-order valence-corrected chi connectivity index (χ3v) is 3.81. The van der Waals surface area contributed by atoms with Gasteiger partial charge in [-0.05, 0) is 24.7 Å². The predicted octanol–water partition coefficient (Wildman–Crippen LogP) is 1.78. The van der Waals surface area contributed by atoms with Crippen LogP contribution in [0.15, 0.2) is 22.7 Å². The molecule has 1 aromatic carbocycles. The normalized spacial score (nSPS) is 18.9. The average Bonchev–Trinajstić information content (AvgIpc) is 2.25. The van der Waals surface area contributed by atoms with Gasteiger partial charge in [0.25, 0.3) is 0 Å². The Morgan fingerprint density at radius 3 is 2.56 bits per heavy atom. The Hall–Kier alpha value is -0.580. The molecule has 0 radical (unpaired) electrons. The molecule has 0 aromatic heterocycles. The molecule has 0 atom stereocenters. The van der Waals surface area contributed by atoms with Gasteiger partial charge in [-0.3, -0.25) is 4.90 Å². The molecule has 1 aromatic rings. The van der Waals surface area contributed by atoms with Gasteiger partial charge in [-0.1, -0.05) is 22.0 Å². The van der Waals surface area contributed by atoms with Crippen molar-refractivity contribution >= 4 is 21.6 Å². The van der Waals surface area contributed by atoms with Crippen molar-refractivity contribution in [3.63, 3.8) is 0 Å². The van der Waals surface area contributed by atoms with Crippen LogP contribution in [0.1, 0.15) is 5.56 Å². The van der Waals surface area contributed by atoms with Crippen molar-refractivity contribution in [1.29, 1.82) is 0 Å². The monoisotopic (exact) mass is 283 g/mol. The lowest BCUT2D eigenvalue weighted by Crippen LogP contribution is -2.43. The van der Waals surface area contributed by atoms with Gasteiger partial charge in [0.15, 0.2) is 0 Å². The van der Waals surface area contributed by atoms with Gasteiger partial charge in [-0.25, -0.2) is 0 Å². The van der Waals surface area contributed by atoms with Gasteiger partial charge in [0.2, 0.25) is 0 Å². The number of hydrogen-bond acceptors (Lipinski definition) is 3. The molecular formula is C12H18BrN3. The standard InChI is InChI=1S/C12H18BrN3/c1-15-4-6-16(7-5-15)9-10-2-3-11(14)8-12(10)13/h2-3,8H,4-7,9,14H2,1H3. The number of rotatable bonds is 2. The van der Waals surface area contributed by atoms with E-state index in [4.69, 9.17) is 5.73 Å². The molecule has 0 spiro atoms. The van der Waals surface area contributed by atoms with Crippen LogP contribution in [0.25, 0.3) is 0 Å². The molecule has 0 unspecified atom stereocenters. The number of nitrogens with zero attached hydrogens (tertiary/aromatic N) is 2. The number of hydrogen-bond donors (Lipinski definition) is 1. The molecule has 1 saturated heterocycles. The smallest absolute Gasteiger partial charge is 0.0325 e. The van der Waals surface area contributed by atoms with Gasteiger partial charge in [0, 0.05) is 42.9 Å². The zero-order chi connectivity index (χ0) is 11.5. The highest BCUT2D eigenvalue weighted by Crippen LogP contribution is 2.21. The third-order valence-electron chi connectivity index (χ3n) is 3.07. The van der Waals surface area contributed by atoms with Gasteiger partial charge in [0.1, 0.15) is 0 Å². The second-order valence-electron chi connectivity index (χ2n) is 4.43. The SMILES string of the molecule is CN1CCN(Cc2ccc(N)cc2Br)CC1. The number of halogens is 1. The van der Waals surface area contributed by atoms with Crippen LogP contribution in [0.5, 0.6) is 0 Å². The maximum absolute atomic E-state index is 5.73. The number of likely N-dealkylation sites (N-methyl/N-ethyl adjacent to an activating group) is 1. The lowest BCUT2D eigenvalue weighted by Gasteiger charge is -2.32. The van der Waals surface area contributed by atoms with E-state index in [1.54, 1.807) is 0 Å². The van der Waals surface area contributed by atoms with Crippen LogP contribution in [0.3, 0.4) is 0 Å². The number of piperazine rings is 1. The Balaban J connectivity index is 1.98. The highest BCUT2D eigenvalue weighted by atomic mass is 79.9. The molecule has 1 heterocycles. The highest BCUT2D eigenvalue weighted by molar-refractivity contribution is 9.10. The van der Waals surface area contributed by atoms with Crippen molar-refractivity contribution in [2.45, 2.75) is 6.54 Å². The van der Waals surface area contributed by atoms with Crippen LogP contribution >= 0.6 is 15.9 Å². The van der Waals surface area contributed by atoms with E-state index in [9.17, 15) is 0 Å². The fourth-order valence-corrected chi connectivity index (χ4v) is 2.46. The maximum Gasteiger partial charge on any atom is 0.0325 e. The summed E-state index contributed by atoms with van der Waals surface area (Å²) in [6, 6.07) is 6.05. The van der Waals surface area contributed by atoms with Crippen LogP contribution < -0.4 is 5.73 Å². The zero-order valence-corrected chi connectivity index (χ0v) is 11.2. The molecule has 3 nitrogen and oxygen atoms in total. The van der Waals surface area contributed by atoms with E-state index < -0.39 is 0 Å². The number of anilines is 1. The van der Waals surface area contributed by atoms with Crippen molar-refractivity contribution in [3.05, 3.63) is 28.2 Å². The van der Waals surface area contributed by atoms with Crippen LogP contribution in [0.4, 0.5) is 5.69 Å². The number of nitrogens with two attached hydrogens (primary N) is 1. The van der Waals surface area contributed by atoms with Gasteiger partial charge in [-0.15, -0.1) is 0 Å². The number of benzene rings is 1. The second kappa shape index (κ2) is 5.17. The maximum atomic E-state index is 5.73. The molecule has 1 aliphatic heterocycles. The largest absolute Gasteiger partial charge is 0.399 e. The second-order valence-corrected chi connectivity index (χ2v) is 5.28. The molecule has 1 aliphatic rings. The van der Waals surface area contributed by atoms with Crippen molar-refractivity contribution in [2.24, 2.45) is 0 Å². The Bertz CT molecular complexity index is 359. The van der Waals surface area contributed by atoms with Crippen molar-refractivity contribution in [3.8, 4) is 0 Å². The molecule has 4 heteroatoms. The lowest BCUT2D eigenvalue weighted by atomic mass is 10.2. The van der Waals surface area contributed by atoms with E-state index in [0.29, 0.717) is 0 Å². The molecule has 0 amide bonds. The predicted molar refractivity (Wildman–Crippen MR) is 71.3 cm³/mol. The van der Waals surface area contributed by atoms with E-state index in [1.165, 1.54) is 5.56 Å². The molecule has 16 heavy (non-hydrogen) atoms. The molecule has 1 fully saturated rings. The molecule has 0 bridgehead atoms. The van der Waals surface area contributed by atoms with Crippen LogP contribution in [-0.4, -0.2) is 43.0 Å². The van der Waals surface area contributed by atoms with Crippen molar-refractivity contribution < 1.29 is 0 Å². The van der Waals surface area contributed by atoms with Gasteiger partial charge < -0.3 is 10.6 Å². The summed E-state index contributed by atoms with van der Waals surface area (Å²) in [5.41, 5.74) is 7.86. The molecular weight excluding hydrogens is 266 g/mol. The van der Waals surface area contributed by atoms with Gasteiger partial charge >= 0.3 is 0 Å². The average molecular weight is 284 g/mol. The van der Waals surface area contributed by atoms with E-state index >= 15 is 0 Å². The number of nitrogen functional groups attached to an aromatic ring is 1.